The third-order valence-corrected chi connectivity index (χ3v) is 6.49. The van der Waals surface area contributed by atoms with Crippen LogP contribution in [0.25, 0.3) is 0 Å². The van der Waals surface area contributed by atoms with Crippen molar-refractivity contribution in [3.8, 4) is 0 Å². The Morgan fingerprint density at radius 1 is 0.938 bits per heavy atom. The summed E-state index contributed by atoms with van der Waals surface area (Å²) in [4.78, 5) is 12.6. The quantitative estimate of drug-likeness (QED) is 0.420. The molecule has 0 fully saturated rings. The van der Waals surface area contributed by atoms with Crippen LogP contribution in [0.5, 0.6) is 0 Å². The van der Waals surface area contributed by atoms with E-state index in [1.165, 1.54) is 15.9 Å². The highest BCUT2D eigenvalue weighted by Crippen LogP contribution is 2.28. The molecule has 32 heavy (non-hydrogen) atoms. The Morgan fingerprint density at radius 3 is 2.00 bits per heavy atom. The first-order valence-electron chi connectivity index (χ1n) is 9.97. The van der Waals surface area contributed by atoms with Crippen LogP contribution in [0, 0.1) is 0 Å². The Balaban J connectivity index is 1.75. The number of benzene rings is 3. The molecule has 0 atom stereocenters. The lowest BCUT2D eigenvalue weighted by Crippen LogP contribution is -2.29. The first-order chi connectivity index (χ1) is 15.0. The van der Waals surface area contributed by atoms with Gasteiger partial charge in [-0.05, 0) is 59.5 Å². The van der Waals surface area contributed by atoms with Gasteiger partial charge in [0.25, 0.3) is 5.91 Å². The Hall–Kier alpha value is -2.54. The molecule has 0 aromatic heterocycles. The van der Waals surface area contributed by atoms with Gasteiger partial charge < -0.3 is 5.32 Å². The zero-order chi connectivity index (χ0) is 23.5. The van der Waals surface area contributed by atoms with Crippen molar-refractivity contribution in [1.29, 1.82) is 0 Å². The highest BCUT2D eigenvalue weighted by Gasteiger charge is 2.19. The van der Waals surface area contributed by atoms with Crippen molar-refractivity contribution in [2.45, 2.75) is 26.3 Å². The SMILES string of the molecule is CC(C)c1ccc(NC(=O)c2ccc(CN(c3cc(Cl)cc(Cl)c3)S(C)(=O)=O)cc2)cc1. The molecule has 0 heterocycles. The van der Waals surface area contributed by atoms with Crippen molar-refractivity contribution in [2.24, 2.45) is 0 Å². The van der Waals surface area contributed by atoms with Gasteiger partial charge in [-0.25, -0.2) is 8.42 Å². The van der Waals surface area contributed by atoms with E-state index in [4.69, 9.17) is 23.2 Å². The number of hydrogen-bond donors (Lipinski definition) is 1. The van der Waals surface area contributed by atoms with Gasteiger partial charge in [-0.15, -0.1) is 0 Å². The molecule has 3 aromatic rings. The molecule has 0 bridgehead atoms. The molecule has 3 rings (SSSR count). The Kier molecular flexibility index (Phi) is 7.49. The van der Waals surface area contributed by atoms with E-state index in [0.717, 1.165) is 6.26 Å². The molecule has 0 aliphatic heterocycles. The second-order valence-corrected chi connectivity index (χ2v) is 10.6. The lowest BCUT2D eigenvalue weighted by atomic mass is 10.0. The van der Waals surface area contributed by atoms with Crippen LogP contribution >= 0.6 is 23.2 Å². The van der Waals surface area contributed by atoms with Gasteiger partial charge in [0.05, 0.1) is 18.5 Å². The molecule has 5 nitrogen and oxygen atoms in total. The van der Waals surface area contributed by atoms with Gasteiger partial charge in [0.2, 0.25) is 10.0 Å². The Labute approximate surface area is 199 Å². The number of nitrogens with zero attached hydrogens (tertiary/aromatic N) is 1. The fraction of sp³-hybridized carbons (Fsp3) is 0.208. The van der Waals surface area contributed by atoms with E-state index >= 15 is 0 Å². The number of sulfonamides is 1. The van der Waals surface area contributed by atoms with E-state index in [-0.39, 0.29) is 12.5 Å². The van der Waals surface area contributed by atoms with Gasteiger partial charge in [-0.1, -0.05) is 61.3 Å². The van der Waals surface area contributed by atoms with Crippen molar-refractivity contribution in [2.75, 3.05) is 15.9 Å². The minimum atomic E-state index is -3.59. The summed E-state index contributed by atoms with van der Waals surface area (Å²) in [5.41, 5.74) is 3.47. The highest BCUT2D eigenvalue weighted by molar-refractivity contribution is 7.92. The van der Waals surface area contributed by atoms with Crippen LogP contribution in [-0.4, -0.2) is 20.6 Å². The molecule has 0 saturated heterocycles. The van der Waals surface area contributed by atoms with Crippen LogP contribution < -0.4 is 9.62 Å². The van der Waals surface area contributed by atoms with Crippen LogP contribution in [0.2, 0.25) is 10.0 Å². The number of anilines is 2. The second kappa shape index (κ2) is 9.94. The summed E-state index contributed by atoms with van der Waals surface area (Å²) in [5, 5.41) is 3.56. The van der Waals surface area contributed by atoms with Gasteiger partial charge in [-0.2, -0.15) is 0 Å². The minimum Gasteiger partial charge on any atom is -0.322 e. The molecule has 1 amide bonds. The molecule has 0 saturated carbocycles. The van der Waals surface area contributed by atoms with Crippen molar-refractivity contribution in [3.63, 3.8) is 0 Å². The van der Waals surface area contributed by atoms with Gasteiger partial charge in [-0.3, -0.25) is 9.10 Å². The van der Waals surface area contributed by atoms with E-state index in [0.29, 0.717) is 38.5 Å². The van der Waals surface area contributed by atoms with Gasteiger partial charge in [0, 0.05) is 21.3 Å². The number of carbonyl (C=O) groups excluding carboxylic acids is 1. The van der Waals surface area contributed by atoms with Crippen LogP contribution in [0.3, 0.4) is 0 Å². The van der Waals surface area contributed by atoms with E-state index < -0.39 is 10.0 Å². The summed E-state index contributed by atoms with van der Waals surface area (Å²) in [6.45, 7) is 4.30. The van der Waals surface area contributed by atoms with Crippen molar-refractivity contribution < 1.29 is 13.2 Å². The fourth-order valence-electron chi connectivity index (χ4n) is 3.17. The molecule has 0 aliphatic carbocycles. The summed E-state index contributed by atoms with van der Waals surface area (Å²) < 4.78 is 26.0. The maximum atomic E-state index is 12.6. The maximum Gasteiger partial charge on any atom is 0.255 e. The molecule has 0 unspecified atom stereocenters. The van der Waals surface area contributed by atoms with E-state index in [1.54, 1.807) is 36.4 Å². The maximum absolute atomic E-state index is 12.6. The minimum absolute atomic E-state index is 0.0774. The molecular weight excluding hydrogens is 467 g/mol. The zero-order valence-corrected chi connectivity index (χ0v) is 20.3. The number of rotatable bonds is 7. The van der Waals surface area contributed by atoms with Crippen LogP contribution in [-0.2, 0) is 16.6 Å². The number of nitrogens with one attached hydrogen (secondary N) is 1. The monoisotopic (exact) mass is 490 g/mol. The third kappa shape index (κ3) is 6.25. The fourth-order valence-corrected chi connectivity index (χ4v) is 4.55. The first kappa shape index (κ1) is 24.1. The van der Waals surface area contributed by atoms with Gasteiger partial charge in [0.15, 0.2) is 0 Å². The molecule has 1 N–H and O–H groups in total. The number of amides is 1. The van der Waals surface area contributed by atoms with Crippen LogP contribution in [0.4, 0.5) is 11.4 Å². The molecule has 168 valence electrons. The third-order valence-electron chi connectivity index (χ3n) is 4.91. The number of halogens is 2. The molecule has 0 aliphatic rings. The normalized spacial score (nSPS) is 11.4. The van der Waals surface area contributed by atoms with Gasteiger partial charge >= 0.3 is 0 Å². The van der Waals surface area contributed by atoms with E-state index in [1.807, 2.05) is 24.3 Å². The highest BCUT2D eigenvalue weighted by atomic mass is 35.5. The molecule has 3 aromatic carbocycles. The van der Waals surface area contributed by atoms with Crippen molar-refractivity contribution in [1.82, 2.24) is 0 Å². The molecule has 0 radical (unpaired) electrons. The summed E-state index contributed by atoms with van der Waals surface area (Å²) in [6, 6.07) is 19.1. The lowest BCUT2D eigenvalue weighted by Gasteiger charge is -2.23. The van der Waals surface area contributed by atoms with E-state index in [2.05, 4.69) is 19.2 Å². The topological polar surface area (TPSA) is 66.5 Å². The van der Waals surface area contributed by atoms with Crippen molar-refractivity contribution in [3.05, 3.63) is 93.5 Å². The summed E-state index contributed by atoms with van der Waals surface area (Å²) >= 11 is 12.1. The summed E-state index contributed by atoms with van der Waals surface area (Å²) in [6.07, 6.45) is 1.12. The van der Waals surface area contributed by atoms with Crippen LogP contribution in [0.15, 0.2) is 66.7 Å². The molecule has 8 heteroatoms. The predicted molar refractivity (Wildman–Crippen MR) is 132 cm³/mol. The Morgan fingerprint density at radius 2 is 1.50 bits per heavy atom. The Bertz CT molecular complexity index is 1190. The van der Waals surface area contributed by atoms with E-state index in [9.17, 15) is 13.2 Å². The largest absolute Gasteiger partial charge is 0.322 e. The molecule has 0 spiro atoms. The second-order valence-electron chi connectivity index (χ2n) is 7.83. The summed E-state index contributed by atoms with van der Waals surface area (Å²) in [5.74, 6) is 0.178. The standard InChI is InChI=1S/C24H24Cl2N2O3S/c1-16(2)18-8-10-22(11-9-18)27-24(29)19-6-4-17(5-7-19)15-28(32(3,30)31)23-13-20(25)12-21(26)14-23/h4-14,16H,15H2,1-3H3,(H,27,29). The zero-order valence-electron chi connectivity index (χ0n) is 18.0. The van der Waals surface area contributed by atoms with Gasteiger partial charge in [0.1, 0.15) is 0 Å². The predicted octanol–water partition coefficient (Wildman–Crippen LogP) is 6.34. The summed E-state index contributed by atoms with van der Waals surface area (Å²) in [7, 11) is -3.59. The van der Waals surface area contributed by atoms with Crippen LogP contribution in [0.1, 0.15) is 41.3 Å². The smallest absolute Gasteiger partial charge is 0.255 e. The average Bonchev–Trinajstić information content (AvgIpc) is 2.71. The van der Waals surface area contributed by atoms with Crippen molar-refractivity contribution >= 4 is 50.5 Å². The number of carbonyl (C=O) groups is 1. The first-order valence-corrected chi connectivity index (χ1v) is 12.6. The lowest BCUT2D eigenvalue weighted by molar-refractivity contribution is 0.102. The average molecular weight is 491 g/mol. The number of hydrogen-bond acceptors (Lipinski definition) is 3. The molecular formula is C24H24Cl2N2O3S.